The second-order valence-electron chi connectivity index (χ2n) is 6.31. The van der Waals surface area contributed by atoms with Gasteiger partial charge in [-0.1, -0.05) is 6.07 Å². The molecule has 0 atom stereocenters. The molecule has 3 aromatic rings. The zero-order valence-corrected chi connectivity index (χ0v) is 15.6. The van der Waals surface area contributed by atoms with Crippen molar-refractivity contribution in [2.75, 3.05) is 12.1 Å². The fourth-order valence-electron chi connectivity index (χ4n) is 2.90. The molecular formula is C20H18N2O3S. The topological polar surface area (TPSA) is 60.5 Å². The van der Waals surface area contributed by atoms with E-state index >= 15 is 0 Å². The first-order valence-electron chi connectivity index (χ1n) is 8.26. The number of fused-ring (bicyclic) bond motifs is 1. The third-order valence-electron chi connectivity index (χ3n) is 4.48. The van der Waals surface area contributed by atoms with Gasteiger partial charge in [0.05, 0.1) is 5.69 Å². The number of amides is 1. The number of carbonyl (C=O) groups excluding carboxylic acids is 1. The Kier molecular flexibility index (Phi) is 4.12. The van der Waals surface area contributed by atoms with Crippen molar-refractivity contribution in [1.29, 1.82) is 0 Å². The summed E-state index contributed by atoms with van der Waals surface area (Å²) in [4.78, 5) is 17.1. The maximum absolute atomic E-state index is 12.5. The van der Waals surface area contributed by atoms with E-state index in [1.807, 2.05) is 5.38 Å². The summed E-state index contributed by atoms with van der Waals surface area (Å²) < 4.78 is 10.6. The summed E-state index contributed by atoms with van der Waals surface area (Å²) in [6.07, 6.45) is 0. The van der Waals surface area contributed by atoms with Gasteiger partial charge in [-0.3, -0.25) is 10.1 Å². The van der Waals surface area contributed by atoms with Gasteiger partial charge in [0.25, 0.3) is 5.91 Å². The second-order valence-corrected chi connectivity index (χ2v) is 7.17. The summed E-state index contributed by atoms with van der Waals surface area (Å²) in [6, 6.07) is 9.44. The van der Waals surface area contributed by atoms with Crippen LogP contribution in [0.3, 0.4) is 0 Å². The van der Waals surface area contributed by atoms with Crippen LogP contribution in [0.25, 0.3) is 11.3 Å². The van der Waals surface area contributed by atoms with Crippen molar-refractivity contribution in [2.24, 2.45) is 0 Å². The van der Waals surface area contributed by atoms with E-state index in [-0.39, 0.29) is 12.7 Å². The highest BCUT2D eigenvalue weighted by Gasteiger charge is 2.17. The summed E-state index contributed by atoms with van der Waals surface area (Å²) in [6.45, 7) is 6.45. The summed E-state index contributed by atoms with van der Waals surface area (Å²) in [5.41, 5.74) is 6.13. The number of carbonyl (C=O) groups is 1. The zero-order chi connectivity index (χ0) is 18.3. The molecule has 26 heavy (non-hydrogen) atoms. The summed E-state index contributed by atoms with van der Waals surface area (Å²) in [7, 11) is 0. The predicted molar refractivity (Wildman–Crippen MR) is 102 cm³/mol. The van der Waals surface area contributed by atoms with Gasteiger partial charge in [-0.05, 0) is 61.7 Å². The minimum atomic E-state index is -0.221. The predicted octanol–water partition coefficient (Wildman–Crippen LogP) is 4.72. The van der Waals surface area contributed by atoms with E-state index in [2.05, 4.69) is 43.2 Å². The van der Waals surface area contributed by atoms with Crippen molar-refractivity contribution >= 4 is 22.4 Å². The van der Waals surface area contributed by atoms with Gasteiger partial charge in [-0.2, -0.15) is 0 Å². The highest BCUT2D eigenvalue weighted by Crippen LogP contribution is 2.33. The van der Waals surface area contributed by atoms with Crippen LogP contribution in [0.5, 0.6) is 11.5 Å². The van der Waals surface area contributed by atoms with Crippen LogP contribution in [0, 0.1) is 20.8 Å². The van der Waals surface area contributed by atoms with Crippen LogP contribution in [0.2, 0.25) is 0 Å². The van der Waals surface area contributed by atoms with Gasteiger partial charge in [0.15, 0.2) is 16.6 Å². The normalized spacial score (nSPS) is 12.3. The fraction of sp³-hybridized carbons (Fsp3) is 0.200. The lowest BCUT2D eigenvalue weighted by Gasteiger charge is -2.07. The maximum atomic E-state index is 12.5. The van der Waals surface area contributed by atoms with Crippen LogP contribution >= 0.6 is 11.3 Å². The van der Waals surface area contributed by atoms with Crippen molar-refractivity contribution in [1.82, 2.24) is 4.98 Å². The first kappa shape index (κ1) is 16.6. The number of nitrogens with one attached hydrogen (secondary N) is 1. The molecule has 6 heteroatoms. The highest BCUT2D eigenvalue weighted by molar-refractivity contribution is 7.14. The Labute approximate surface area is 155 Å². The lowest BCUT2D eigenvalue weighted by Crippen LogP contribution is -2.11. The van der Waals surface area contributed by atoms with Crippen LogP contribution < -0.4 is 14.8 Å². The molecule has 0 bridgehead atoms. The summed E-state index contributed by atoms with van der Waals surface area (Å²) in [5.74, 6) is 1.02. The number of hydrogen-bond donors (Lipinski definition) is 1. The van der Waals surface area contributed by atoms with Gasteiger partial charge in [0.2, 0.25) is 6.79 Å². The second kappa shape index (κ2) is 6.46. The summed E-state index contributed by atoms with van der Waals surface area (Å²) >= 11 is 1.41. The molecule has 0 fully saturated rings. The minimum Gasteiger partial charge on any atom is -0.454 e. The van der Waals surface area contributed by atoms with Crippen molar-refractivity contribution in [2.45, 2.75) is 20.8 Å². The van der Waals surface area contributed by atoms with Crippen molar-refractivity contribution in [3.63, 3.8) is 0 Å². The third kappa shape index (κ3) is 3.04. The molecule has 1 aromatic heterocycles. The number of anilines is 1. The first-order chi connectivity index (χ1) is 12.5. The smallest absolute Gasteiger partial charge is 0.257 e. The molecule has 0 saturated heterocycles. The number of hydrogen-bond acceptors (Lipinski definition) is 5. The Morgan fingerprint density at radius 1 is 1.04 bits per heavy atom. The fourth-order valence-corrected chi connectivity index (χ4v) is 3.60. The van der Waals surface area contributed by atoms with Crippen LogP contribution in [0.15, 0.2) is 35.7 Å². The first-order valence-corrected chi connectivity index (χ1v) is 9.14. The van der Waals surface area contributed by atoms with E-state index in [1.54, 1.807) is 18.2 Å². The number of ether oxygens (including phenoxy) is 2. The van der Waals surface area contributed by atoms with Crippen LogP contribution in [-0.2, 0) is 0 Å². The molecular weight excluding hydrogens is 348 g/mol. The lowest BCUT2D eigenvalue weighted by atomic mass is 9.99. The van der Waals surface area contributed by atoms with E-state index in [9.17, 15) is 4.79 Å². The molecule has 1 aliphatic rings. The van der Waals surface area contributed by atoms with Gasteiger partial charge in [0.1, 0.15) is 0 Å². The Hall–Kier alpha value is -2.86. The van der Waals surface area contributed by atoms with Crippen LogP contribution in [-0.4, -0.2) is 17.7 Å². The van der Waals surface area contributed by atoms with Gasteiger partial charge in [0, 0.05) is 16.5 Å². The largest absolute Gasteiger partial charge is 0.454 e. The van der Waals surface area contributed by atoms with Crippen LogP contribution in [0.1, 0.15) is 27.0 Å². The average Bonchev–Trinajstić information content (AvgIpc) is 3.26. The molecule has 1 N–H and O–H groups in total. The van der Waals surface area contributed by atoms with Gasteiger partial charge >= 0.3 is 0 Å². The quantitative estimate of drug-likeness (QED) is 0.729. The van der Waals surface area contributed by atoms with E-state index < -0.39 is 0 Å². The molecule has 0 unspecified atom stereocenters. The summed E-state index contributed by atoms with van der Waals surface area (Å²) in [5, 5.41) is 5.39. The average molecular weight is 366 g/mol. The maximum Gasteiger partial charge on any atom is 0.257 e. The molecule has 2 aromatic carbocycles. The Bertz CT molecular complexity index is 1010. The van der Waals surface area contributed by atoms with E-state index in [0.29, 0.717) is 22.2 Å². The Morgan fingerprint density at radius 2 is 1.81 bits per heavy atom. The molecule has 4 rings (SSSR count). The SMILES string of the molecule is Cc1cc(C)c(-c2csc(NC(=O)c3ccc4c(c3)OCO4)n2)cc1C. The van der Waals surface area contributed by atoms with Crippen molar-refractivity contribution < 1.29 is 14.3 Å². The number of nitrogens with zero attached hydrogens (tertiary/aromatic N) is 1. The van der Waals surface area contributed by atoms with Crippen molar-refractivity contribution in [3.8, 4) is 22.8 Å². The molecule has 0 spiro atoms. The number of aromatic nitrogens is 1. The highest BCUT2D eigenvalue weighted by atomic mass is 32.1. The standard InChI is InChI=1S/C20H18N2O3S/c1-11-6-13(3)15(7-12(11)2)16-9-26-20(21-16)22-19(23)14-4-5-17-18(8-14)25-10-24-17/h4-9H,10H2,1-3H3,(H,21,22,23). The molecule has 0 saturated carbocycles. The molecule has 0 radical (unpaired) electrons. The van der Waals surface area contributed by atoms with E-state index in [4.69, 9.17) is 9.47 Å². The molecule has 5 nitrogen and oxygen atoms in total. The molecule has 0 aliphatic carbocycles. The zero-order valence-electron chi connectivity index (χ0n) is 14.8. The number of benzene rings is 2. The molecule has 1 aliphatic heterocycles. The Balaban J connectivity index is 1.55. The van der Waals surface area contributed by atoms with Gasteiger partial charge in [-0.15, -0.1) is 11.3 Å². The lowest BCUT2D eigenvalue weighted by molar-refractivity contribution is 0.102. The number of rotatable bonds is 3. The van der Waals surface area contributed by atoms with E-state index in [1.165, 1.54) is 28.0 Å². The van der Waals surface area contributed by atoms with E-state index in [0.717, 1.165) is 11.3 Å². The number of thiazole rings is 1. The van der Waals surface area contributed by atoms with Crippen LogP contribution in [0.4, 0.5) is 5.13 Å². The Morgan fingerprint density at radius 3 is 2.65 bits per heavy atom. The number of aryl methyl sites for hydroxylation is 3. The molecule has 1 amide bonds. The molecule has 2 heterocycles. The minimum absolute atomic E-state index is 0.186. The monoisotopic (exact) mass is 366 g/mol. The molecule has 132 valence electrons. The third-order valence-corrected chi connectivity index (χ3v) is 5.23. The van der Waals surface area contributed by atoms with Gasteiger partial charge in [-0.25, -0.2) is 4.98 Å². The van der Waals surface area contributed by atoms with Crippen molar-refractivity contribution in [3.05, 3.63) is 58.0 Å². The van der Waals surface area contributed by atoms with Gasteiger partial charge < -0.3 is 9.47 Å².